The minimum absolute atomic E-state index is 0.00469. The van der Waals surface area contributed by atoms with Crippen molar-refractivity contribution in [3.05, 3.63) is 120 Å². The maximum absolute atomic E-state index is 14.1. The average Bonchev–Trinajstić information content (AvgIpc) is 3.54. The van der Waals surface area contributed by atoms with Crippen LogP contribution in [0.4, 0.5) is 0 Å². The van der Waals surface area contributed by atoms with Gasteiger partial charge in [0.15, 0.2) is 5.69 Å². The van der Waals surface area contributed by atoms with Gasteiger partial charge in [-0.2, -0.15) is 0 Å². The molecule has 0 aliphatic rings. The fourth-order valence-electron chi connectivity index (χ4n) is 5.20. The molecule has 6 aromatic rings. The zero-order valence-electron chi connectivity index (χ0n) is 23.0. The molecule has 0 saturated carbocycles. The number of hydrogen-bond donors (Lipinski definition) is 0. The summed E-state index contributed by atoms with van der Waals surface area (Å²) in [6, 6.07) is 26.5. The van der Waals surface area contributed by atoms with Crippen molar-refractivity contribution in [1.82, 2.24) is 7.94 Å². The largest absolute Gasteiger partial charge is 0.464 e. The van der Waals surface area contributed by atoms with Crippen LogP contribution in [-0.4, -0.2) is 37.9 Å². The van der Waals surface area contributed by atoms with E-state index in [-0.39, 0.29) is 26.6 Å². The number of benzene rings is 4. The van der Waals surface area contributed by atoms with E-state index in [9.17, 15) is 21.6 Å². The number of ether oxygens (including phenoxy) is 1. The number of aryl methyl sites for hydroxylation is 2. The number of aromatic nitrogens is 2. The normalized spacial score (nSPS) is 12.2. The van der Waals surface area contributed by atoms with E-state index in [4.69, 9.17) is 4.74 Å². The fourth-order valence-corrected chi connectivity index (χ4v) is 8.09. The molecule has 6 rings (SSSR count). The first-order chi connectivity index (χ1) is 20.1. The van der Waals surface area contributed by atoms with Gasteiger partial charge in [-0.15, -0.1) is 0 Å². The first-order valence-corrected chi connectivity index (χ1v) is 15.9. The molecule has 0 saturated heterocycles. The van der Waals surface area contributed by atoms with Crippen molar-refractivity contribution in [2.24, 2.45) is 0 Å². The number of fused-ring (bicyclic) bond motifs is 2. The number of rotatable bonds is 6. The van der Waals surface area contributed by atoms with Gasteiger partial charge in [-0.25, -0.2) is 29.6 Å². The van der Waals surface area contributed by atoms with Crippen molar-refractivity contribution in [3.63, 3.8) is 0 Å². The zero-order chi connectivity index (χ0) is 29.8. The molecule has 212 valence electrons. The van der Waals surface area contributed by atoms with E-state index in [2.05, 4.69) is 0 Å². The van der Waals surface area contributed by atoms with Gasteiger partial charge < -0.3 is 4.74 Å². The van der Waals surface area contributed by atoms with Crippen LogP contribution < -0.4 is 0 Å². The first-order valence-electron chi connectivity index (χ1n) is 13.0. The molecule has 0 atom stereocenters. The molecule has 8 nitrogen and oxygen atoms in total. The Bertz CT molecular complexity index is 2230. The van der Waals surface area contributed by atoms with Gasteiger partial charge in [0.1, 0.15) is 0 Å². The molecule has 2 aromatic heterocycles. The molecular formula is C32H26N2O6S2. The molecule has 0 aliphatic heterocycles. The maximum atomic E-state index is 14.1. The van der Waals surface area contributed by atoms with E-state index < -0.39 is 26.0 Å². The lowest BCUT2D eigenvalue weighted by atomic mass is 10.0. The highest BCUT2D eigenvalue weighted by molar-refractivity contribution is 7.90. The molecule has 0 N–H and O–H groups in total. The second-order valence-corrected chi connectivity index (χ2v) is 13.6. The van der Waals surface area contributed by atoms with Crippen molar-refractivity contribution in [2.75, 3.05) is 7.11 Å². The standard InChI is InChI=1S/C32H26N2O6S2/c1-21-12-16-23(17-13-21)41(36,37)33-20-27(25-8-4-6-10-28(25)33)30-26-9-5-7-11-29(26)34(31(30)32(35)40-3)42(38,39)24-18-14-22(2)15-19-24/h4-20H,1-3H3. The van der Waals surface area contributed by atoms with E-state index in [1.165, 1.54) is 29.4 Å². The van der Waals surface area contributed by atoms with Gasteiger partial charge in [0.05, 0.1) is 27.9 Å². The number of esters is 1. The van der Waals surface area contributed by atoms with Crippen LogP contribution >= 0.6 is 0 Å². The number of carbonyl (C=O) groups is 1. The van der Waals surface area contributed by atoms with Crippen molar-refractivity contribution in [1.29, 1.82) is 0 Å². The summed E-state index contributed by atoms with van der Waals surface area (Å²) in [5.74, 6) is -0.880. The summed E-state index contributed by atoms with van der Waals surface area (Å²) in [6.45, 7) is 3.72. The molecule has 0 fully saturated rings. The molecule has 10 heteroatoms. The Morgan fingerprint density at radius 3 is 1.71 bits per heavy atom. The second-order valence-electron chi connectivity index (χ2n) is 9.99. The van der Waals surface area contributed by atoms with Crippen LogP contribution in [0.2, 0.25) is 0 Å². The molecule has 0 aliphatic carbocycles. The Hall–Kier alpha value is -4.67. The third-order valence-corrected chi connectivity index (χ3v) is 10.7. The number of methoxy groups -OCH3 is 1. The molecule has 0 unspecified atom stereocenters. The molecular weight excluding hydrogens is 572 g/mol. The lowest BCUT2D eigenvalue weighted by Gasteiger charge is -2.12. The summed E-state index contributed by atoms with van der Waals surface area (Å²) in [6.07, 6.45) is 1.44. The van der Waals surface area contributed by atoms with Crippen LogP contribution in [0.1, 0.15) is 21.6 Å². The highest BCUT2D eigenvalue weighted by Gasteiger charge is 2.34. The maximum Gasteiger partial charge on any atom is 0.356 e. The van der Waals surface area contributed by atoms with Crippen LogP contribution in [0.5, 0.6) is 0 Å². The summed E-state index contributed by atoms with van der Waals surface area (Å²) in [5, 5.41) is 0.971. The van der Waals surface area contributed by atoms with E-state index >= 15 is 0 Å². The zero-order valence-corrected chi connectivity index (χ0v) is 24.6. The lowest BCUT2D eigenvalue weighted by molar-refractivity contribution is 0.0594. The van der Waals surface area contributed by atoms with E-state index in [1.54, 1.807) is 84.9 Å². The fraction of sp³-hybridized carbons (Fsp3) is 0.0938. The van der Waals surface area contributed by atoms with Crippen LogP contribution in [0.3, 0.4) is 0 Å². The van der Waals surface area contributed by atoms with Gasteiger partial charge in [-0.1, -0.05) is 71.8 Å². The number of hydrogen-bond acceptors (Lipinski definition) is 6. The Balaban J connectivity index is 1.72. The average molecular weight is 599 g/mol. The number of carbonyl (C=O) groups excluding carboxylic acids is 1. The topological polar surface area (TPSA) is 104 Å². The van der Waals surface area contributed by atoms with E-state index in [0.717, 1.165) is 15.1 Å². The summed E-state index contributed by atoms with van der Waals surface area (Å²) >= 11 is 0. The number of nitrogens with zero attached hydrogens (tertiary/aromatic N) is 2. The third kappa shape index (κ3) is 4.22. The SMILES string of the molecule is COC(=O)c1c(-c2cn(S(=O)(=O)c3ccc(C)cc3)c3ccccc23)c2ccccc2n1S(=O)(=O)c1ccc(C)cc1. The Morgan fingerprint density at radius 1 is 0.643 bits per heavy atom. The molecule has 0 amide bonds. The second kappa shape index (κ2) is 10.0. The number of para-hydroxylation sites is 2. The summed E-state index contributed by atoms with van der Waals surface area (Å²) < 4.78 is 63.4. The van der Waals surface area contributed by atoms with Gasteiger partial charge >= 0.3 is 5.97 Å². The Labute approximate surface area is 243 Å². The lowest BCUT2D eigenvalue weighted by Crippen LogP contribution is -2.20. The molecule has 4 aromatic carbocycles. The highest BCUT2D eigenvalue weighted by atomic mass is 32.2. The molecule has 0 spiro atoms. The predicted octanol–water partition coefficient (Wildman–Crippen LogP) is 6.14. The van der Waals surface area contributed by atoms with Gasteiger partial charge in [-0.3, -0.25) is 0 Å². The molecule has 0 bridgehead atoms. The summed E-state index contributed by atoms with van der Waals surface area (Å²) in [7, 11) is -7.16. The van der Waals surface area contributed by atoms with Crippen LogP contribution in [0.15, 0.2) is 113 Å². The van der Waals surface area contributed by atoms with Gasteiger partial charge in [0.2, 0.25) is 0 Å². The van der Waals surface area contributed by atoms with Crippen molar-refractivity contribution in [2.45, 2.75) is 23.6 Å². The minimum atomic E-state index is -4.29. The smallest absolute Gasteiger partial charge is 0.356 e. The van der Waals surface area contributed by atoms with Gasteiger partial charge in [-0.05, 0) is 50.2 Å². The monoisotopic (exact) mass is 598 g/mol. The summed E-state index contributed by atoms with van der Waals surface area (Å²) in [4.78, 5) is 13.6. The highest BCUT2D eigenvalue weighted by Crippen LogP contribution is 2.42. The van der Waals surface area contributed by atoms with Crippen molar-refractivity contribution < 1.29 is 26.4 Å². The van der Waals surface area contributed by atoms with Gasteiger partial charge in [0.25, 0.3) is 20.0 Å². The van der Waals surface area contributed by atoms with Crippen LogP contribution in [0, 0.1) is 13.8 Å². The first kappa shape index (κ1) is 27.5. The van der Waals surface area contributed by atoms with Crippen LogP contribution in [0.25, 0.3) is 32.9 Å². The van der Waals surface area contributed by atoms with E-state index in [0.29, 0.717) is 21.9 Å². The Morgan fingerprint density at radius 2 is 1.14 bits per heavy atom. The van der Waals surface area contributed by atoms with E-state index in [1.807, 2.05) is 13.8 Å². The summed E-state index contributed by atoms with van der Waals surface area (Å²) in [5.41, 5.74) is 2.82. The van der Waals surface area contributed by atoms with Crippen molar-refractivity contribution in [3.8, 4) is 11.1 Å². The quantitative estimate of drug-likeness (QED) is 0.213. The molecule has 2 heterocycles. The van der Waals surface area contributed by atoms with Gasteiger partial charge in [0, 0.05) is 28.1 Å². The molecule has 42 heavy (non-hydrogen) atoms. The predicted molar refractivity (Wildman–Crippen MR) is 162 cm³/mol. The third-order valence-electron chi connectivity index (χ3n) is 7.30. The molecule has 0 radical (unpaired) electrons. The van der Waals surface area contributed by atoms with Crippen molar-refractivity contribution >= 4 is 47.8 Å². The minimum Gasteiger partial charge on any atom is -0.464 e. The Kier molecular flexibility index (Phi) is 6.55. The van der Waals surface area contributed by atoms with Crippen LogP contribution in [-0.2, 0) is 24.8 Å².